The molecule has 1 unspecified atom stereocenters. The van der Waals surface area contributed by atoms with E-state index >= 15 is 0 Å². The molecule has 0 spiro atoms. The maximum atomic E-state index is 12.2. The van der Waals surface area contributed by atoms with Gasteiger partial charge in [-0.15, -0.1) is 0 Å². The predicted octanol–water partition coefficient (Wildman–Crippen LogP) is 3.17. The SMILES string of the molecule is CC(NC(=O)/C=C/c1cnn(-c2ccccc2)c1)c1ccc(S(C)(=O)=O)cc1. The van der Waals surface area contributed by atoms with Crippen molar-refractivity contribution in [2.45, 2.75) is 17.9 Å². The summed E-state index contributed by atoms with van der Waals surface area (Å²) in [6.45, 7) is 1.84. The molecule has 6 nitrogen and oxygen atoms in total. The summed E-state index contributed by atoms with van der Waals surface area (Å²) in [7, 11) is -3.23. The van der Waals surface area contributed by atoms with Crippen molar-refractivity contribution in [2.24, 2.45) is 0 Å². The van der Waals surface area contributed by atoms with E-state index in [0.717, 1.165) is 23.1 Å². The highest BCUT2D eigenvalue weighted by atomic mass is 32.2. The maximum absolute atomic E-state index is 12.2. The van der Waals surface area contributed by atoms with E-state index in [-0.39, 0.29) is 16.8 Å². The fourth-order valence-corrected chi connectivity index (χ4v) is 3.30. The lowest BCUT2D eigenvalue weighted by atomic mass is 10.1. The normalized spacial score (nSPS) is 12.8. The van der Waals surface area contributed by atoms with Crippen molar-refractivity contribution in [1.82, 2.24) is 15.1 Å². The highest BCUT2D eigenvalue weighted by Gasteiger charge is 2.10. The standard InChI is InChI=1S/C21H21N3O3S/c1-16(18-9-11-20(12-10-18)28(2,26)27)23-21(25)13-8-17-14-22-24(15-17)19-6-4-3-5-7-19/h3-16H,1-2H3,(H,23,25)/b13-8+. The maximum Gasteiger partial charge on any atom is 0.244 e. The van der Waals surface area contributed by atoms with Crippen LogP contribution in [0, 0.1) is 0 Å². The summed E-state index contributed by atoms with van der Waals surface area (Å²) in [5.41, 5.74) is 2.58. The van der Waals surface area contributed by atoms with Crippen LogP contribution in [-0.4, -0.2) is 30.4 Å². The van der Waals surface area contributed by atoms with Crippen molar-refractivity contribution in [3.05, 3.63) is 84.2 Å². The van der Waals surface area contributed by atoms with Crippen LogP contribution >= 0.6 is 0 Å². The first-order valence-corrected chi connectivity index (χ1v) is 10.6. The third-order valence-corrected chi connectivity index (χ3v) is 5.35. The number of hydrogen-bond acceptors (Lipinski definition) is 4. The molecular formula is C21H21N3O3S. The number of nitrogens with zero attached hydrogens (tertiary/aromatic N) is 2. The smallest absolute Gasteiger partial charge is 0.244 e. The lowest BCUT2D eigenvalue weighted by molar-refractivity contribution is -0.117. The Morgan fingerprint density at radius 1 is 1.11 bits per heavy atom. The zero-order valence-corrected chi connectivity index (χ0v) is 16.4. The van der Waals surface area contributed by atoms with Crippen molar-refractivity contribution >= 4 is 21.8 Å². The van der Waals surface area contributed by atoms with E-state index in [2.05, 4.69) is 10.4 Å². The van der Waals surface area contributed by atoms with Crippen molar-refractivity contribution in [3.63, 3.8) is 0 Å². The molecule has 1 heterocycles. The van der Waals surface area contributed by atoms with Gasteiger partial charge in [-0.3, -0.25) is 4.79 Å². The minimum atomic E-state index is -3.23. The molecule has 7 heteroatoms. The largest absolute Gasteiger partial charge is 0.346 e. The van der Waals surface area contributed by atoms with Gasteiger partial charge in [-0.05, 0) is 42.8 Å². The Bertz CT molecular complexity index is 1090. The molecule has 0 aliphatic carbocycles. The number of carbonyl (C=O) groups excluding carboxylic acids is 1. The van der Waals surface area contributed by atoms with Gasteiger partial charge >= 0.3 is 0 Å². The van der Waals surface area contributed by atoms with Crippen molar-refractivity contribution < 1.29 is 13.2 Å². The van der Waals surface area contributed by atoms with Crippen LogP contribution in [0.4, 0.5) is 0 Å². The van der Waals surface area contributed by atoms with E-state index < -0.39 is 9.84 Å². The van der Waals surface area contributed by atoms with Crippen molar-refractivity contribution in [1.29, 1.82) is 0 Å². The van der Waals surface area contributed by atoms with Gasteiger partial charge in [-0.25, -0.2) is 13.1 Å². The Kier molecular flexibility index (Phi) is 5.75. The number of nitrogens with one attached hydrogen (secondary N) is 1. The van der Waals surface area contributed by atoms with E-state index in [9.17, 15) is 13.2 Å². The molecule has 144 valence electrons. The zero-order valence-electron chi connectivity index (χ0n) is 15.6. The highest BCUT2D eigenvalue weighted by molar-refractivity contribution is 7.90. The summed E-state index contributed by atoms with van der Waals surface area (Å²) in [4.78, 5) is 12.4. The second-order valence-electron chi connectivity index (χ2n) is 6.46. The molecule has 0 radical (unpaired) electrons. The van der Waals surface area contributed by atoms with Gasteiger partial charge in [-0.2, -0.15) is 5.10 Å². The summed E-state index contributed by atoms with van der Waals surface area (Å²) in [6.07, 6.45) is 7.84. The molecule has 28 heavy (non-hydrogen) atoms. The number of para-hydroxylation sites is 1. The predicted molar refractivity (Wildman–Crippen MR) is 109 cm³/mol. The quantitative estimate of drug-likeness (QED) is 0.650. The lowest BCUT2D eigenvalue weighted by Crippen LogP contribution is -2.24. The number of sulfone groups is 1. The van der Waals surface area contributed by atoms with E-state index in [1.807, 2.05) is 43.5 Å². The fraction of sp³-hybridized carbons (Fsp3) is 0.143. The van der Waals surface area contributed by atoms with Gasteiger partial charge in [0.05, 0.1) is 22.8 Å². The Balaban J connectivity index is 1.61. The van der Waals surface area contributed by atoms with Gasteiger partial charge in [0, 0.05) is 24.1 Å². The molecule has 0 saturated carbocycles. The minimum absolute atomic E-state index is 0.243. The zero-order chi connectivity index (χ0) is 20.1. The highest BCUT2D eigenvalue weighted by Crippen LogP contribution is 2.16. The van der Waals surface area contributed by atoms with E-state index in [1.165, 1.54) is 6.08 Å². The fourth-order valence-electron chi connectivity index (χ4n) is 2.67. The molecule has 2 aromatic carbocycles. The molecule has 3 aromatic rings. The summed E-state index contributed by atoms with van der Waals surface area (Å²) >= 11 is 0. The number of carbonyl (C=O) groups is 1. The van der Waals surface area contributed by atoms with Crippen LogP contribution in [0.5, 0.6) is 0 Å². The first-order chi connectivity index (χ1) is 13.3. The summed E-state index contributed by atoms with van der Waals surface area (Å²) in [5.74, 6) is -0.243. The lowest BCUT2D eigenvalue weighted by Gasteiger charge is -2.13. The van der Waals surface area contributed by atoms with E-state index in [0.29, 0.717) is 0 Å². The Labute approximate surface area is 164 Å². The van der Waals surface area contributed by atoms with Gasteiger partial charge in [0.15, 0.2) is 9.84 Å². The molecule has 1 amide bonds. The Hall–Kier alpha value is -3.19. The molecule has 0 bridgehead atoms. The number of aromatic nitrogens is 2. The first-order valence-electron chi connectivity index (χ1n) is 8.71. The molecule has 1 atom stereocenters. The molecule has 0 aliphatic heterocycles. The van der Waals surface area contributed by atoms with E-state index in [1.54, 1.807) is 41.2 Å². The van der Waals surface area contributed by atoms with Gasteiger partial charge < -0.3 is 5.32 Å². The van der Waals surface area contributed by atoms with Crippen LogP contribution in [0.25, 0.3) is 11.8 Å². The number of benzene rings is 2. The summed E-state index contributed by atoms with van der Waals surface area (Å²) < 4.78 is 24.8. The molecule has 1 aromatic heterocycles. The third-order valence-electron chi connectivity index (χ3n) is 4.22. The van der Waals surface area contributed by atoms with Crippen LogP contribution in [0.15, 0.2) is 78.0 Å². The number of rotatable bonds is 6. The van der Waals surface area contributed by atoms with Crippen molar-refractivity contribution in [3.8, 4) is 5.69 Å². The average Bonchev–Trinajstić information content (AvgIpc) is 3.15. The molecular weight excluding hydrogens is 374 g/mol. The second-order valence-corrected chi connectivity index (χ2v) is 8.47. The summed E-state index contributed by atoms with van der Waals surface area (Å²) in [5, 5.41) is 7.15. The minimum Gasteiger partial charge on any atom is -0.346 e. The monoisotopic (exact) mass is 395 g/mol. The van der Waals surface area contributed by atoms with Crippen LogP contribution in [0.2, 0.25) is 0 Å². The van der Waals surface area contributed by atoms with Gasteiger partial charge in [0.25, 0.3) is 0 Å². The van der Waals surface area contributed by atoms with Crippen LogP contribution in [0.3, 0.4) is 0 Å². The van der Waals surface area contributed by atoms with Crippen LogP contribution in [-0.2, 0) is 14.6 Å². The summed E-state index contributed by atoms with van der Waals surface area (Å²) in [6, 6.07) is 15.9. The van der Waals surface area contributed by atoms with E-state index in [4.69, 9.17) is 0 Å². The Morgan fingerprint density at radius 3 is 2.43 bits per heavy atom. The third kappa shape index (κ3) is 4.95. The molecule has 0 saturated heterocycles. The number of amides is 1. The Morgan fingerprint density at radius 2 is 1.79 bits per heavy atom. The van der Waals surface area contributed by atoms with Crippen LogP contribution < -0.4 is 5.32 Å². The first kappa shape index (κ1) is 19.6. The molecule has 3 rings (SSSR count). The van der Waals surface area contributed by atoms with Gasteiger partial charge in [0.1, 0.15) is 0 Å². The molecule has 0 aliphatic rings. The van der Waals surface area contributed by atoms with Gasteiger partial charge in [-0.1, -0.05) is 30.3 Å². The van der Waals surface area contributed by atoms with Crippen molar-refractivity contribution in [2.75, 3.05) is 6.26 Å². The topological polar surface area (TPSA) is 81.1 Å². The van der Waals surface area contributed by atoms with Gasteiger partial charge in [0.2, 0.25) is 5.91 Å². The average molecular weight is 395 g/mol. The second kappa shape index (κ2) is 8.22. The molecule has 1 N–H and O–H groups in total. The molecule has 0 fully saturated rings. The number of hydrogen-bond donors (Lipinski definition) is 1. The van der Waals surface area contributed by atoms with Crippen LogP contribution in [0.1, 0.15) is 24.1 Å².